The summed E-state index contributed by atoms with van der Waals surface area (Å²) in [6.45, 7) is 4.46. The fraction of sp³-hybridized carbons (Fsp3) is 0.583. The van der Waals surface area contributed by atoms with Crippen LogP contribution in [0.25, 0.3) is 0 Å². The topological polar surface area (TPSA) is 63.0 Å². The number of rotatable bonds is 3. The molecule has 4 N–H and O–H groups in total. The van der Waals surface area contributed by atoms with E-state index in [0.29, 0.717) is 17.9 Å². The van der Waals surface area contributed by atoms with Crippen molar-refractivity contribution in [2.24, 2.45) is 11.7 Å². The van der Waals surface area contributed by atoms with E-state index in [4.69, 9.17) is 5.73 Å². The highest BCUT2D eigenvalue weighted by Crippen LogP contribution is 2.27. The second kappa shape index (κ2) is 4.91. The molecule has 16 heavy (non-hydrogen) atoms. The van der Waals surface area contributed by atoms with E-state index in [2.05, 4.69) is 35.7 Å². The van der Waals surface area contributed by atoms with Crippen molar-refractivity contribution < 1.29 is 0 Å². The zero-order valence-corrected chi connectivity index (χ0v) is 9.85. The van der Waals surface area contributed by atoms with Crippen molar-refractivity contribution in [3.63, 3.8) is 0 Å². The lowest BCUT2D eigenvalue weighted by Gasteiger charge is -2.22. The smallest absolute Gasteiger partial charge is 0.0764 e. The van der Waals surface area contributed by atoms with Crippen LogP contribution in [0.5, 0.6) is 0 Å². The van der Waals surface area contributed by atoms with Crippen LogP contribution in [0.1, 0.15) is 31.7 Å². The predicted molar refractivity (Wildman–Crippen MR) is 64.5 cm³/mol. The molecule has 0 spiro atoms. The Kier molecular flexibility index (Phi) is 3.53. The molecule has 3 atom stereocenters. The lowest BCUT2D eigenvalue weighted by molar-refractivity contribution is 0.421. The van der Waals surface area contributed by atoms with Crippen LogP contribution in [-0.2, 0) is 0 Å². The minimum absolute atomic E-state index is 0.0343. The molecule has 2 heterocycles. The number of nitrogens with two attached hydrogens (primary N) is 1. The molecule has 88 valence electrons. The van der Waals surface area contributed by atoms with E-state index in [1.54, 1.807) is 6.20 Å². The van der Waals surface area contributed by atoms with E-state index in [1.807, 2.05) is 12.3 Å². The van der Waals surface area contributed by atoms with Crippen LogP contribution in [0.15, 0.2) is 24.5 Å². The molecule has 1 aliphatic rings. The van der Waals surface area contributed by atoms with Crippen LogP contribution in [0.4, 0.5) is 0 Å². The number of hydrazine groups is 1. The van der Waals surface area contributed by atoms with E-state index < -0.39 is 0 Å². The molecule has 0 bridgehead atoms. The predicted octanol–water partition coefficient (Wildman–Crippen LogP) is 0.972. The summed E-state index contributed by atoms with van der Waals surface area (Å²) >= 11 is 0. The second-order valence-corrected chi connectivity index (χ2v) is 4.86. The van der Waals surface area contributed by atoms with E-state index >= 15 is 0 Å². The molecule has 0 saturated carbocycles. The van der Waals surface area contributed by atoms with Crippen LogP contribution in [0.2, 0.25) is 0 Å². The standard InChI is InChI=1S/C12H20N4/c1-8(2)6-10-11(12(13)16-15-10)9-4-3-5-14-7-9/h3-5,7-8,10-12,15-16H,6,13H2,1-2H3. The van der Waals surface area contributed by atoms with Gasteiger partial charge < -0.3 is 5.73 Å². The number of hydrogen-bond acceptors (Lipinski definition) is 4. The molecule has 1 fully saturated rings. The summed E-state index contributed by atoms with van der Waals surface area (Å²) < 4.78 is 0. The normalized spacial score (nSPS) is 29.9. The molecule has 1 aromatic rings. The first-order valence-corrected chi connectivity index (χ1v) is 5.85. The summed E-state index contributed by atoms with van der Waals surface area (Å²) in [6, 6.07) is 4.45. The number of hydrogen-bond donors (Lipinski definition) is 3. The van der Waals surface area contributed by atoms with Gasteiger partial charge in [0.15, 0.2) is 0 Å². The molecule has 3 unspecified atom stereocenters. The molecule has 1 aromatic heterocycles. The molecule has 4 nitrogen and oxygen atoms in total. The Morgan fingerprint density at radius 1 is 1.44 bits per heavy atom. The average molecular weight is 220 g/mol. The lowest BCUT2D eigenvalue weighted by Crippen LogP contribution is -2.38. The monoisotopic (exact) mass is 220 g/mol. The van der Waals surface area contributed by atoms with Crippen molar-refractivity contribution in [1.29, 1.82) is 0 Å². The van der Waals surface area contributed by atoms with Crippen molar-refractivity contribution in [2.45, 2.75) is 38.4 Å². The van der Waals surface area contributed by atoms with Gasteiger partial charge in [-0.1, -0.05) is 19.9 Å². The highest BCUT2D eigenvalue weighted by molar-refractivity contribution is 5.20. The van der Waals surface area contributed by atoms with Gasteiger partial charge in [0.2, 0.25) is 0 Å². The Balaban J connectivity index is 2.16. The van der Waals surface area contributed by atoms with E-state index in [1.165, 1.54) is 5.56 Å². The van der Waals surface area contributed by atoms with Gasteiger partial charge in [-0.15, -0.1) is 0 Å². The average Bonchev–Trinajstić information content (AvgIpc) is 2.60. The van der Waals surface area contributed by atoms with Crippen molar-refractivity contribution in [1.82, 2.24) is 15.8 Å². The van der Waals surface area contributed by atoms with Gasteiger partial charge in [0.1, 0.15) is 0 Å². The Morgan fingerprint density at radius 3 is 2.88 bits per heavy atom. The third-order valence-corrected chi connectivity index (χ3v) is 3.05. The maximum Gasteiger partial charge on any atom is 0.0764 e. The largest absolute Gasteiger partial charge is 0.314 e. The van der Waals surface area contributed by atoms with Crippen LogP contribution >= 0.6 is 0 Å². The molecule has 0 amide bonds. The maximum atomic E-state index is 6.08. The molecule has 1 saturated heterocycles. The van der Waals surface area contributed by atoms with E-state index in [9.17, 15) is 0 Å². The summed E-state index contributed by atoms with van der Waals surface area (Å²) in [4.78, 5) is 4.17. The highest BCUT2D eigenvalue weighted by atomic mass is 15.5. The molecule has 4 heteroatoms. The number of nitrogens with zero attached hydrogens (tertiary/aromatic N) is 1. The fourth-order valence-electron chi connectivity index (χ4n) is 2.36. The molecular weight excluding hydrogens is 200 g/mol. The third kappa shape index (κ3) is 2.40. The number of aromatic nitrogens is 1. The van der Waals surface area contributed by atoms with E-state index in [-0.39, 0.29) is 6.17 Å². The van der Waals surface area contributed by atoms with Gasteiger partial charge in [0.25, 0.3) is 0 Å². The second-order valence-electron chi connectivity index (χ2n) is 4.86. The van der Waals surface area contributed by atoms with Crippen LogP contribution in [0.3, 0.4) is 0 Å². The quantitative estimate of drug-likeness (QED) is 0.710. The van der Waals surface area contributed by atoms with Gasteiger partial charge in [-0.2, -0.15) is 0 Å². The molecule has 0 aliphatic carbocycles. The molecule has 2 rings (SSSR count). The first-order valence-electron chi connectivity index (χ1n) is 5.85. The van der Waals surface area contributed by atoms with Gasteiger partial charge in [0, 0.05) is 24.4 Å². The highest BCUT2D eigenvalue weighted by Gasteiger charge is 2.34. The first kappa shape index (κ1) is 11.5. The summed E-state index contributed by atoms with van der Waals surface area (Å²) in [5.41, 5.74) is 13.7. The van der Waals surface area contributed by atoms with Crippen molar-refractivity contribution in [3.05, 3.63) is 30.1 Å². The lowest BCUT2D eigenvalue weighted by atomic mass is 9.87. The van der Waals surface area contributed by atoms with Crippen LogP contribution in [-0.4, -0.2) is 17.2 Å². The van der Waals surface area contributed by atoms with Gasteiger partial charge in [-0.05, 0) is 24.0 Å². The van der Waals surface area contributed by atoms with Crippen molar-refractivity contribution in [2.75, 3.05) is 0 Å². The van der Waals surface area contributed by atoms with Gasteiger partial charge in [-0.25, -0.2) is 5.43 Å². The zero-order valence-electron chi connectivity index (χ0n) is 9.85. The minimum Gasteiger partial charge on any atom is -0.314 e. The van der Waals surface area contributed by atoms with Crippen molar-refractivity contribution in [3.8, 4) is 0 Å². The first-order chi connectivity index (χ1) is 7.68. The Bertz CT molecular complexity index is 325. The van der Waals surface area contributed by atoms with Gasteiger partial charge in [-0.3, -0.25) is 10.4 Å². The Morgan fingerprint density at radius 2 is 2.25 bits per heavy atom. The Labute approximate surface area is 96.6 Å². The van der Waals surface area contributed by atoms with Crippen molar-refractivity contribution >= 4 is 0 Å². The summed E-state index contributed by atoms with van der Waals surface area (Å²) in [5, 5.41) is 0. The SMILES string of the molecule is CC(C)CC1NNC(N)C1c1cccnc1. The summed E-state index contributed by atoms with van der Waals surface area (Å²) in [5.74, 6) is 0.958. The Hall–Kier alpha value is -0.970. The van der Waals surface area contributed by atoms with Crippen LogP contribution in [0, 0.1) is 5.92 Å². The molecule has 0 radical (unpaired) electrons. The third-order valence-electron chi connectivity index (χ3n) is 3.05. The summed E-state index contributed by atoms with van der Waals surface area (Å²) in [7, 11) is 0. The fourth-order valence-corrected chi connectivity index (χ4v) is 2.36. The maximum absolute atomic E-state index is 6.08. The summed E-state index contributed by atoms with van der Waals surface area (Å²) in [6.07, 6.45) is 4.78. The van der Waals surface area contributed by atoms with Crippen LogP contribution < -0.4 is 16.6 Å². The minimum atomic E-state index is -0.0343. The number of nitrogens with one attached hydrogen (secondary N) is 2. The zero-order chi connectivity index (χ0) is 11.5. The van der Waals surface area contributed by atoms with Gasteiger partial charge in [0.05, 0.1) is 6.17 Å². The van der Waals surface area contributed by atoms with Gasteiger partial charge >= 0.3 is 0 Å². The number of pyridine rings is 1. The molecule has 0 aromatic carbocycles. The molecule has 1 aliphatic heterocycles. The molecular formula is C12H20N4. The van der Waals surface area contributed by atoms with E-state index in [0.717, 1.165) is 6.42 Å².